The van der Waals surface area contributed by atoms with Gasteiger partial charge in [0, 0.05) is 18.3 Å². The molecular weight excluding hydrogens is 414 g/mol. The normalized spacial score (nSPS) is 14.8. The minimum absolute atomic E-state index is 0.0485. The number of aromatic nitrogens is 1. The number of rotatable bonds is 5. The molecule has 7 nitrogen and oxygen atoms in total. The molecule has 0 fully saturated rings. The second-order valence-corrected chi connectivity index (χ2v) is 9.06. The van der Waals surface area contributed by atoms with E-state index in [-0.39, 0.29) is 22.0 Å². The summed E-state index contributed by atoms with van der Waals surface area (Å²) in [4.78, 5) is 17.3. The summed E-state index contributed by atoms with van der Waals surface area (Å²) in [5.74, 6) is -0.878. The number of anilines is 1. The number of fused-ring (bicyclic) bond motifs is 1. The smallest absolute Gasteiger partial charge is 0.277 e. The third-order valence-electron chi connectivity index (χ3n) is 5.10. The van der Waals surface area contributed by atoms with Crippen molar-refractivity contribution in [2.24, 2.45) is 0 Å². The summed E-state index contributed by atoms with van der Waals surface area (Å²) in [6, 6.07) is 21.3. The fourth-order valence-corrected chi connectivity index (χ4v) is 4.86. The van der Waals surface area contributed by atoms with Crippen molar-refractivity contribution in [1.82, 2.24) is 9.29 Å². The largest absolute Gasteiger partial charge is 0.505 e. The number of hydrogen-bond donors (Lipinski definition) is 2. The maximum atomic E-state index is 12.9. The van der Waals surface area contributed by atoms with E-state index in [0.29, 0.717) is 6.42 Å². The van der Waals surface area contributed by atoms with E-state index in [9.17, 15) is 18.3 Å². The Hall–Kier alpha value is -3.65. The molecule has 2 N–H and O–H groups in total. The molecule has 0 spiro atoms. The lowest BCUT2D eigenvalue weighted by atomic mass is 10.1. The zero-order valence-electron chi connectivity index (χ0n) is 16.8. The van der Waals surface area contributed by atoms with Crippen molar-refractivity contribution in [3.8, 4) is 0 Å². The molecule has 31 heavy (non-hydrogen) atoms. The molecule has 0 radical (unpaired) electrons. The lowest BCUT2D eigenvalue weighted by Crippen LogP contribution is -2.37. The van der Waals surface area contributed by atoms with Crippen molar-refractivity contribution in [2.45, 2.75) is 17.7 Å². The van der Waals surface area contributed by atoms with Crippen LogP contribution in [0.3, 0.4) is 0 Å². The van der Waals surface area contributed by atoms with Gasteiger partial charge in [-0.1, -0.05) is 48.5 Å². The number of amides is 1. The molecule has 3 aromatic rings. The van der Waals surface area contributed by atoms with Crippen molar-refractivity contribution in [2.75, 3.05) is 12.4 Å². The number of likely N-dealkylation sites (N-methyl/N-ethyl adjacent to an activating group) is 1. The Kier molecular flexibility index (Phi) is 5.48. The Bertz CT molecular complexity index is 1270. The van der Waals surface area contributed by atoms with Crippen molar-refractivity contribution >= 4 is 27.5 Å². The number of hydrogen-bond acceptors (Lipinski definition) is 5. The number of nitrogens with zero attached hydrogens (tertiary/aromatic N) is 2. The van der Waals surface area contributed by atoms with Gasteiger partial charge in [0.2, 0.25) is 0 Å². The first-order valence-electron chi connectivity index (χ1n) is 9.70. The zero-order valence-corrected chi connectivity index (χ0v) is 17.6. The highest BCUT2D eigenvalue weighted by Crippen LogP contribution is 2.34. The van der Waals surface area contributed by atoms with Crippen LogP contribution in [-0.4, -0.2) is 35.8 Å². The average Bonchev–Trinajstić information content (AvgIpc) is 2.78. The van der Waals surface area contributed by atoms with Crippen LogP contribution in [0, 0.1) is 0 Å². The summed E-state index contributed by atoms with van der Waals surface area (Å²) in [5, 5.41) is 13.2. The summed E-state index contributed by atoms with van der Waals surface area (Å²) in [7, 11) is -2.72. The van der Waals surface area contributed by atoms with E-state index in [4.69, 9.17) is 0 Å². The van der Waals surface area contributed by atoms with E-state index >= 15 is 0 Å². The molecule has 0 bridgehead atoms. The molecule has 1 amide bonds. The molecule has 4 rings (SSSR count). The number of aliphatic hydroxyl groups excluding tert-OH is 1. The molecular formula is C23H21N3O4S. The van der Waals surface area contributed by atoms with Crippen molar-refractivity contribution in [3.05, 3.63) is 95.3 Å². The lowest BCUT2D eigenvalue weighted by Gasteiger charge is -2.28. The van der Waals surface area contributed by atoms with Gasteiger partial charge >= 0.3 is 0 Å². The van der Waals surface area contributed by atoms with Crippen molar-refractivity contribution in [3.63, 3.8) is 0 Å². The second kappa shape index (κ2) is 8.23. The summed E-state index contributed by atoms with van der Waals surface area (Å²) in [5.41, 5.74) is 1.71. The standard InChI is InChI=1S/C23H21N3O4S/c1-26-21(22(27)18-11-5-6-12-19(18)31(26,29)30)23(28)25-20-13-7-10-17(24-20)15-14-16-8-3-2-4-9-16/h2-13,27H,14-15H2,1H3,(H,24,25,28). The van der Waals surface area contributed by atoms with Crippen molar-refractivity contribution < 1.29 is 18.3 Å². The number of nitrogens with one attached hydrogen (secondary N) is 1. The van der Waals surface area contributed by atoms with Gasteiger partial charge in [-0.15, -0.1) is 0 Å². The fraction of sp³-hybridized carbons (Fsp3) is 0.130. The van der Waals surface area contributed by atoms with Gasteiger partial charge in [-0.3, -0.25) is 9.10 Å². The predicted octanol–water partition coefficient (Wildman–Crippen LogP) is 3.37. The minimum atomic E-state index is -3.95. The first-order chi connectivity index (χ1) is 14.9. The van der Waals surface area contributed by atoms with Gasteiger partial charge in [-0.05, 0) is 42.7 Å². The molecule has 158 valence electrons. The molecule has 1 aromatic heterocycles. The quantitative estimate of drug-likeness (QED) is 0.640. The van der Waals surface area contributed by atoms with Gasteiger partial charge < -0.3 is 10.4 Å². The van der Waals surface area contributed by atoms with Crippen LogP contribution in [0.1, 0.15) is 16.8 Å². The van der Waals surface area contributed by atoms with Crippen molar-refractivity contribution in [1.29, 1.82) is 0 Å². The van der Waals surface area contributed by atoms with Crippen LogP contribution in [-0.2, 0) is 27.7 Å². The van der Waals surface area contributed by atoms with Crippen LogP contribution in [0.2, 0.25) is 0 Å². The number of carbonyl (C=O) groups excluding carboxylic acids is 1. The Morgan fingerprint density at radius 2 is 1.68 bits per heavy atom. The molecule has 8 heteroatoms. The molecule has 0 aliphatic carbocycles. The van der Waals surface area contributed by atoms with E-state index in [1.165, 1.54) is 24.7 Å². The lowest BCUT2D eigenvalue weighted by molar-refractivity contribution is -0.113. The number of pyridine rings is 1. The fourth-order valence-electron chi connectivity index (χ4n) is 3.46. The Morgan fingerprint density at radius 1 is 0.968 bits per heavy atom. The number of carbonyl (C=O) groups is 1. The SMILES string of the molecule is CN1C(C(=O)Nc2cccc(CCc3ccccc3)n2)=C(O)c2ccccc2S1(=O)=O. The van der Waals surface area contributed by atoms with Crippen LogP contribution < -0.4 is 5.32 Å². The third kappa shape index (κ3) is 4.02. The zero-order chi connectivity index (χ0) is 22.0. The number of aliphatic hydroxyl groups is 1. The topological polar surface area (TPSA) is 99.6 Å². The van der Waals surface area contributed by atoms with Gasteiger partial charge in [0.1, 0.15) is 5.82 Å². The first-order valence-corrected chi connectivity index (χ1v) is 11.1. The van der Waals surface area contributed by atoms with Gasteiger partial charge in [-0.2, -0.15) is 0 Å². The molecule has 2 heterocycles. The highest BCUT2D eigenvalue weighted by molar-refractivity contribution is 7.89. The van der Waals surface area contributed by atoms with E-state index < -0.39 is 21.7 Å². The van der Waals surface area contributed by atoms with Crippen LogP contribution in [0.5, 0.6) is 0 Å². The van der Waals surface area contributed by atoms with E-state index in [1.54, 1.807) is 24.3 Å². The molecule has 0 unspecified atom stereocenters. The first kappa shape index (κ1) is 20.6. The molecule has 1 aliphatic heterocycles. The maximum Gasteiger partial charge on any atom is 0.277 e. The molecule has 1 aliphatic rings. The van der Waals surface area contributed by atoms with Gasteiger partial charge in [0.25, 0.3) is 15.9 Å². The monoisotopic (exact) mass is 435 g/mol. The third-order valence-corrected chi connectivity index (χ3v) is 6.91. The van der Waals surface area contributed by atoms with Crippen LogP contribution in [0.15, 0.2) is 83.4 Å². The minimum Gasteiger partial charge on any atom is -0.505 e. The molecule has 2 aromatic carbocycles. The highest BCUT2D eigenvalue weighted by Gasteiger charge is 2.37. The molecule has 0 saturated carbocycles. The molecule has 0 atom stereocenters. The number of aryl methyl sites for hydroxylation is 2. The Morgan fingerprint density at radius 3 is 2.45 bits per heavy atom. The average molecular weight is 436 g/mol. The summed E-state index contributed by atoms with van der Waals surface area (Å²) >= 11 is 0. The summed E-state index contributed by atoms with van der Waals surface area (Å²) < 4.78 is 26.3. The van der Waals surface area contributed by atoms with Gasteiger partial charge in [-0.25, -0.2) is 13.4 Å². The van der Waals surface area contributed by atoms with E-state index in [1.807, 2.05) is 36.4 Å². The predicted molar refractivity (Wildman–Crippen MR) is 118 cm³/mol. The highest BCUT2D eigenvalue weighted by atomic mass is 32.2. The summed E-state index contributed by atoms with van der Waals surface area (Å²) in [6.45, 7) is 0. The van der Waals surface area contributed by atoms with Crippen LogP contribution >= 0.6 is 0 Å². The summed E-state index contributed by atoms with van der Waals surface area (Å²) in [6.07, 6.45) is 1.48. The van der Waals surface area contributed by atoms with Crippen LogP contribution in [0.4, 0.5) is 5.82 Å². The number of sulfonamides is 1. The Balaban J connectivity index is 1.57. The van der Waals surface area contributed by atoms with Crippen LogP contribution in [0.25, 0.3) is 5.76 Å². The number of benzene rings is 2. The Labute approximate surface area is 180 Å². The van der Waals surface area contributed by atoms with Gasteiger partial charge in [0.15, 0.2) is 11.5 Å². The van der Waals surface area contributed by atoms with Gasteiger partial charge in [0.05, 0.1) is 4.90 Å². The molecule has 0 saturated heterocycles. The van der Waals surface area contributed by atoms with E-state index in [2.05, 4.69) is 10.3 Å². The maximum absolute atomic E-state index is 12.9. The second-order valence-electron chi connectivity index (χ2n) is 7.12. The van der Waals surface area contributed by atoms with E-state index in [0.717, 1.165) is 16.4 Å².